The number of nitrogens with one attached hydrogen (secondary N) is 3. The fourth-order valence-corrected chi connectivity index (χ4v) is 11.3. The molecule has 2 aromatic carbocycles. The fraction of sp³-hybridized carbons (Fsp3) is 0.469. The maximum absolute atomic E-state index is 13.7. The van der Waals surface area contributed by atoms with Crippen molar-refractivity contribution in [3.8, 4) is 11.3 Å². The minimum Gasteiger partial charge on any atom is -0.371 e. The first-order valence-corrected chi connectivity index (χ1v) is 24.3. The van der Waals surface area contributed by atoms with Crippen molar-refractivity contribution in [1.82, 2.24) is 55.4 Å². The number of piperidine rings is 3. The topological polar surface area (TPSA) is 214 Å². The van der Waals surface area contributed by atoms with Crippen molar-refractivity contribution in [1.29, 1.82) is 0 Å². The number of likely N-dealkylation sites (tertiary alicyclic amines) is 1. The third-order valence-electron chi connectivity index (χ3n) is 15.4. The number of piperazine rings is 1. The molecular formula is C49H57N15O5. The molecule has 5 amide bonds. The number of amides is 5. The third kappa shape index (κ3) is 8.38. The Morgan fingerprint density at radius 3 is 2.28 bits per heavy atom. The van der Waals surface area contributed by atoms with Gasteiger partial charge in [0, 0.05) is 100 Å². The summed E-state index contributed by atoms with van der Waals surface area (Å²) in [7, 11) is 1.85. The molecule has 20 heteroatoms. The van der Waals surface area contributed by atoms with Gasteiger partial charge in [-0.15, -0.1) is 0 Å². The van der Waals surface area contributed by atoms with E-state index in [2.05, 4.69) is 56.9 Å². The van der Waals surface area contributed by atoms with E-state index in [1.165, 1.54) is 12.8 Å². The smallest absolute Gasteiger partial charge is 0.262 e. The van der Waals surface area contributed by atoms with Crippen molar-refractivity contribution in [3.63, 3.8) is 0 Å². The number of anilines is 4. The molecule has 4 fully saturated rings. The van der Waals surface area contributed by atoms with Crippen LogP contribution >= 0.6 is 0 Å². The molecular weight excluding hydrogens is 879 g/mol. The lowest BCUT2D eigenvalue weighted by Crippen LogP contribution is -2.54. The number of nitrogens with zero attached hydrogens (tertiary/aromatic N) is 12. The Bertz CT molecular complexity index is 2890. The van der Waals surface area contributed by atoms with Crippen molar-refractivity contribution < 1.29 is 24.0 Å². The predicted molar refractivity (Wildman–Crippen MR) is 257 cm³/mol. The summed E-state index contributed by atoms with van der Waals surface area (Å²) in [5, 5.41) is 26.2. The number of carbonyl (C=O) groups excluding carboxylic acids is 5. The van der Waals surface area contributed by atoms with E-state index in [0.717, 1.165) is 123 Å². The van der Waals surface area contributed by atoms with Crippen LogP contribution < -0.4 is 25.3 Å². The van der Waals surface area contributed by atoms with Crippen molar-refractivity contribution >= 4 is 63.6 Å². The normalized spacial score (nSPS) is 22.2. The Morgan fingerprint density at radius 2 is 1.52 bits per heavy atom. The second-order valence-corrected chi connectivity index (χ2v) is 19.5. The highest BCUT2D eigenvalue weighted by Crippen LogP contribution is 2.36. The van der Waals surface area contributed by atoms with E-state index >= 15 is 0 Å². The number of pyridine rings is 1. The second-order valence-electron chi connectivity index (χ2n) is 19.5. The first-order valence-electron chi connectivity index (χ1n) is 24.3. The molecule has 3 aromatic heterocycles. The molecule has 2 atom stereocenters. The van der Waals surface area contributed by atoms with E-state index in [1.54, 1.807) is 16.8 Å². The van der Waals surface area contributed by atoms with Crippen LogP contribution in [0.5, 0.6) is 0 Å². The maximum atomic E-state index is 13.7. The van der Waals surface area contributed by atoms with Gasteiger partial charge in [0.2, 0.25) is 17.8 Å². The highest BCUT2D eigenvalue weighted by molar-refractivity contribution is 6.23. The summed E-state index contributed by atoms with van der Waals surface area (Å²) in [5.74, 6) is 0.700. The largest absolute Gasteiger partial charge is 0.371 e. The van der Waals surface area contributed by atoms with Crippen LogP contribution in [0.25, 0.3) is 22.2 Å². The van der Waals surface area contributed by atoms with E-state index in [-0.39, 0.29) is 30.7 Å². The summed E-state index contributed by atoms with van der Waals surface area (Å²) >= 11 is 0. The molecule has 358 valence electrons. The average molecular weight is 936 g/mol. The molecule has 20 nitrogen and oxygen atoms in total. The molecule has 1 unspecified atom stereocenters. The minimum absolute atomic E-state index is 0.100. The number of hydrogen-bond donors (Lipinski definition) is 3. The summed E-state index contributed by atoms with van der Waals surface area (Å²) in [6.07, 6.45) is 6.64. The number of hydrogen-bond acceptors (Lipinski definition) is 15. The number of aromatic amines is 1. The van der Waals surface area contributed by atoms with E-state index in [4.69, 9.17) is 10.1 Å². The number of tetrazole rings is 1. The first kappa shape index (κ1) is 44.4. The highest BCUT2D eigenvalue weighted by Gasteiger charge is 2.45. The number of allylic oxidation sites excluding steroid dienone is 1. The summed E-state index contributed by atoms with van der Waals surface area (Å²) in [6, 6.07) is 14.0. The number of carbonyl (C=O) groups is 5. The van der Waals surface area contributed by atoms with Gasteiger partial charge >= 0.3 is 0 Å². The third-order valence-corrected chi connectivity index (χ3v) is 15.4. The summed E-state index contributed by atoms with van der Waals surface area (Å²) in [5.41, 5.74) is 6.25. The summed E-state index contributed by atoms with van der Waals surface area (Å²) < 4.78 is 1.65. The molecule has 6 aliphatic heterocycles. The summed E-state index contributed by atoms with van der Waals surface area (Å²) in [4.78, 5) is 82.0. The van der Waals surface area contributed by atoms with Gasteiger partial charge in [-0.1, -0.05) is 5.10 Å². The first-order chi connectivity index (χ1) is 33.5. The molecule has 69 heavy (non-hydrogen) atoms. The second kappa shape index (κ2) is 18.1. The number of aromatic nitrogens is 7. The van der Waals surface area contributed by atoms with Crippen LogP contribution in [0.4, 0.5) is 23.1 Å². The van der Waals surface area contributed by atoms with Crippen molar-refractivity contribution in [2.45, 2.75) is 64.5 Å². The van der Waals surface area contributed by atoms with Gasteiger partial charge in [0.05, 0.1) is 28.3 Å². The quantitative estimate of drug-likeness (QED) is 0.171. The zero-order valence-corrected chi connectivity index (χ0v) is 39.2. The minimum atomic E-state index is -0.963. The van der Waals surface area contributed by atoms with Crippen LogP contribution in [-0.2, 0) is 14.4 Å². The molecule has 5 aromatic rings. The van der Waals surface area contributed by atoms with E-state index in [0.29, 0.717) is 40.2 Å². The van der Waals surface area contributed by atoms with Crippen LogP contribution in [0.1, 0.15) is 79.1 Å². The number of imide groups is 2. The molecule has 9 heterocycles. The molecule has 0 saturated carbocycles. The monoisotopic (exact) mass is 935 g/mol. The Balaban J connectivity index is 0.634. The Morgan fingerprint density at radius 1 is 0.797 bits per heavy atom. The van der Waals surface area contributed by atoms with Crippen molar-refractivity contribution in [2.75, 3.05) is 92.5 Å². The van der Waals surface area contributed by atoms with Crippen molar-refractivity contribution in [3.05, 3.63) is 77.1 Å². The van der Waals surface area contributed by atoms with Crippen LogP contribution in [-0.4, -0.2) is 158 Å². The number of rotatable bonds is 10. The van der Waals surface area contributed by atoms with Gasteiger partial charge in [0.25, 0.3) is 17.7 Å². The fourth-order valence-electron chi connectivity index (χ4n) is 11.3. The van der Waals surface area contributed by atoms with Crippen molar-refractivity contribution in [2.24, 2.45) is 11.8 Å². The Labute approximate surface area is 399 Å². The number of benzene rings is 2. The van der Waals surface area contributed by atoms with Gasteiger partial charge in [0.15, 0.2) is 0 Å². The van der Waals surface area contributed by atoms with E-state index in [1.807, 2.05) is 62.3 Å². The Kier molecular flexibility index (Phi) is 11.7. The Hall–Kier alpha value is -7.06. The molecule has 0 bridgehead atoms. The van der Waals surface area contributed by atoms with E-state index < -0.39 is 23.8 Å². The van der Waals surface area contributed by atoms with Gasteiger partial charge in [-0.05, 0) is 130 Å². The molecule has 11 rings (SSSR count). The number of fused-ring (bicyclic) bond motifs is 3. The zero-order valence-electron chi connectivity index (χ0n) is 39.2. The lowest BCUT2D eigenvalue weighted by molar-refractivity contribution is -0.136. The molecule has 0 radical (unpaired) electrons. The molecule has 3 N–H and O–H groups in total. The van der Waals surface area contributed by atoms with Gasteiger partial charge in [-0.25, -0.2) is 9.67 Å². The van der Waals surface area contributed by atoms with Gasteiger partial charge in [-0.3, -0.25) is 44.2 Å². The lowest BCUT2D eigenvalue weighted by Gasteiger charge is -2.41. The maximum Gasteiger partial charge on any atom is 0.262 e. The zero-order chi connectivity index (χ0) is 47.5. The molecule has 0 aliphatic carbocycles. The van der Waals surface area contributed by atoms with Gasteiger partial charge in [0.1, 0.15) is 17.6 Å². The molecule has 6 aliphatic rings. The van der Waals surface area contributed by atoms with Crippen LogP contribution in [0.2, 0.25) is 0 Å². The van der Waals surface area contributed by atoms with Gasteiger partial charge in [-0.2, -0.15) is 5.10 Å². The van der Waals surface area contributed by atoms with Crippen LogP contribution in [0, 0.1) is 11.8 Å². The standard InChI is InChI=1S/C49H57N15O5/c1-29-43(30(2)64-49(58(29)3)55-56-57-64)46(67)51-34-4-7-39-38(25-34)44(54-53-39)33-10-15-50-41(24-33)62-22-20-60(21-23-62)28-31-11-16-59(17-12-31)27-32-13-18-61(19-14-32)35-5-6-36-37(26-35)48(69)63(47(36)68)40-8-9-42(65)52-45(40)66/h4-7,10,15,24-26,30-32,40H,8-9,11-14,16-23,27-28H2,1-3H3,(H,51,67)(H,53,54)(H,52,65,66)/t30-,40?/m0/s1. The lowest BCUT2D eigenvalue weighted by atomic mass is 9.92. The highest BCUT2D eigenvalue weighted by atomic mass is 16.2. The SMILES string of the molecule is CC1=C(C(=O)Nc2ccc3[nH]nc(-c4ccnc(N5CCN(CC6CCN(CC7CCN(c8ccc9c(c8)C(=O)N(C8CCC(=O)NC8=O)C9=O)CC7)CC6)CC5)c4)c3c2)[C@H](C)n2nnnc2N1C. The number of H-pyrrole nitrogens is 1. The molecule has 4 saturated heterocycles. The average Bonchev–Trinajstić information content (AvgIpc) is 4.09. The van der Waals surface area contributed by atoms with Gasteiger partial charge < -0.3 is 24.9 Å². The predicted octanol–water partition coefficient (Wildman–Crippen LogP) is 3.69. The molecule has 0 spiro atoms. The van der Waals surface area contributed by atoms with Crippen LogP contribution in [0.3, 0.4) is 0 Å². The van der Waals surface area contributed by atoms with Crippen LogP contribution in [0.15, 0.2) is 66.0 Å². The summed E-state index contributed by atoms with van der Waals surface area (Å²) in [6.45, 7) is 13.9. The van der Waals surface area contributed by atoms with E-state index in [9.17, 15) is 24.0 Å².